The zero-order valence-electron chi connectivity index (χ0n) is 13.6. The number of carbonyl (C=O) groups is 2. The second-order valence-electron chi connectivity index (χ2n) is 6.58. The Morgan fingerprint density at radius 1 is 1.35 bits per heavy atom. The molecule has 0 aromatic heterocycles. The summed E-state index contributed by atoms with van der Waals surface area (Å²) in [5.41, 5.74) is 2.46. The van der Waals surface area contributed by atoms with Crippen molar-refractivity contribution in [2.45, 2.75) is 44.1 Å². The van der Waals surface area contributed by atoms with Gasteiger partial charge in [-0.3, -0.25) is 9.59 Å². The summed E-state index contributed by atoms with van der Waals surface area (Å²) in [6.07, 6.45) is 2.82. The fourth-order valence-electron chi connectivity index (χ4n) is 3.66. The van der Waals surface area contributed by atoms with E-state index in [1.165, 1.54) is 11.1 Å². The molecule has 2 aliphatic rings. The van der Waals surface area contributed by atoms with Crippen LogP contribution >= 0.6 is 0 Å². The molecule has 2 fully saturated rings. The molecule has 0 bridgehead atoms. The summed E-state index contributed by atoms with van der Waals surface area (Å²) < 4.78 is 5.54. The third-order valence-corrected chi connectivity index (χ3v) is 5.08. The fourth-order valence-corrected chi connectivity index (χ4v) is 3.66. The molecule has 1 atom stereocenters. The third-order valence-electron chi connectivity index (χ3n) is 5.08. The van der Waals surface area contributed by atoms with E-state index >= 15 is 0 Å². The number of carbonyl (C=O) groups excluding carboxylic acids is 2. The standard InChI is InChI=1S/C18H24N2O3/c1-13-4-2-3-5-14(13)18(8-10-23-11-9-18)12-19-17(22)15-6-7-16(21)20-15/h2-5,15H,6-12H2,1H3,(H,19,22)(H,20,21). The van der Waals surface area contributed by atoms with Crippen molar-refractivity contribution in [1.82, 2.24) is 10.6 Å². The molecule has 1 aromatic carbocycles. The van der Waals surface area contributed by atoms with Crippen LogP contribution in [0.4, 0.5) is 0 Å². The van der Waals surface area contributed by atoms with Gasteiger partial charge in [0.05, 0.1) is 0 Å². The Balaban J connectivity index is 1.74. The van der Waals surface area contributed by atoms with Gasteiger partial charge in [0.15, 0.2) is 0 Å². The molecule has 1 unspecified atom stereocenters. The van der Waals surface area contributed by atoms with E-state index in [0.717, 1.165) is 12.8 Å². The second-order valence-corrected chi connectivity index (χ2v) is 6.58. The third kappa shape index (κ3) is 3.39. The first kappa shape index (κ1) is 16.0. The summed E-state index contributed by atoms with van der Waals surface area (Å²) in [7, 11) is 0. The lowest BCUT2D eigenvalue weighted by atomic mass is 9.72. The molecule has 3 rings (SSSR count). The number of benzene rings is 1. The molecule has 0 radical (unpaired) electrons. The number of amides is 2. The number of hydrogen-bond donors (Lipinski definition) is 2. The lowest BCUT2D eigenvalue weighted by Crippen LogP contribution is -2.49. The Morgan fingerprint density at radius 3 is 2.74 bits per heavy atom. The number of aryl methyl sites for hydroxylation is 1. The van der Waals surface area contributed by atoms with Crippen molar-refractivity contribution in [1.29, 1.82) is 0 Å². The van der Waals surface area contributed by atoms with Crippen LogP contribution in [0.15, 0.2) is 24.3 Å². The molecular weight excluding hydrogens is 292 g/mol. The Hall–Kier alpha value is -1.88. The SMILES string of the molecule is Cc1ccccc1C1(CNC(=O)C2CCC(=O)N2)CCOCC1. The summed E-state index contributed by atoms with van der Waals surface area (Å²) in [6, 6.07) is 7.99. The maximum Gasteiger partial charge on any atom is 0.242 e. The highest BCUT2D eigenvalue weighted by molar-refractivity contribution is 5.90. The largest absolute Gasteiger partial charge is 0.381 e. The van der Waals surface area contributed by atoms with Gasteiger partial charge in [-0.2, -0.15) is 0 Å². The molecule has 2 saturated heterocycles. The van der Waals surface area contributed by atoms with Gasteiger partial charge in [0.1, 0.15) is 6.04 Å². The molecule has 2 N–H and O–H groups in total. The first-order valence-electron chi connectivity index (χ1n) is 8.32. The van der Waals surface area contributed by atoms with Gasteiger partial charge >= 0.3 is 0 Å². The van der Waals surface area contributed by atoms with Crippen LogP contribution < -0.4 is 10.6 Å². The smallest absolute Gasteiger partial charge is 0.242 e. The number of ether oxygens (including phenoxy) is 1. The van der Waals surface area contributed by atoms with Crippen LogP contribution in [-0.2, 0) is 19.7 Å². The van der Waals surface area contributed by atoms with Gasteiger partial charge < -0.3 is 15.4 Å². The Kier molecular flexibility index (Phi) is 4.66. The monoisotopic (exact) mass is 316 g/mol. The molecule has 5 nitrogen and oxygen atoms in total. The molecule has 23 heavy (non-hydrogen) atoms. The molecule has 0 saturated carbocycles. The molecule has 1 aromatic rings. The van der Waals surface area contributed by atoms with E-state index in [1.807, 2.05) is 6.07 Å². The zero-order valence-corrected chi connectivity index (χ0v) is 13.6. The summed E-state index contributed by atoms with van der Waals surface area (Å²) in [5.74, 6) is -0.111. The van der Waals surface area contributed by atoms with Gasteiger partial charge in [0, 0.05) is 31.6 Å². The average molecular weight is 316 g/mol. The van der Waals surface area contributed by atoms with E-state index < -0.39 is 0 Å². The topological polar surface area (TPSA) is 67.4 Å². The van der Waals surface area contributed by atoms with Gasteiger partial charge in [-0.25, -0.2) is 0 Å². The molecule has 2 aliphatic heterocycles. The Morgan fingerprint density at radius 2 is 2.09 bits per heavy atom. The van der Waals surface area contributed by atoms with Crippen LogP contribution in [0.5, 0.6) is 0 Å². The van der Waals surface area contributed by atoms with Crippen molar-refractivity contribution in [2.75, 3.05) is 19.8 Å². The summed E-state index contributed by atoms with van der Waals surface area (Å²) >= 11 is 0. The van der Waals surface area contributed by atoms with Gasteiger partial charge in [0.2, 0.25) is 11.8 Å². The van der Waals surface area contributed by atoms with Crippen molar-refractivity contribution in [2.24, 2.45) is 0 Å². The highest BCUT2D eigenvalue weighted by Crippen LogP contribution is 2.36. The van der Waals surface area contributed by atoms with E-state index in [1.54, 1.807) is 0 Å². The van der Waals surface area contributed by atoms with Crippen molar-refractivity contribution in [3.8, 4) is 0 Å². The van der Waals surface area contributed by atoms with Crippen molar-refractivity contribution >= 4 is 11.8 Å². The lowest BCUT2D eigenvalue weighted by molar-refractivity contribution is -0.126. The van der Waals surface area contributed by atoms with E-state index in [2.05, 4.69) is 35.8 Å². The van der Waals surface area contributed by atoms with E-state index in [0.29, 0.717) is 32.6 Å². The normalized spacial score (nSPS) is 23.3. The molecule has 2 amide bonds. The quantitative estimate of drug-likeness (QED) is 0.883. The zero-order chi connectivity index (χ0) is 16.3. The van der Waals surface area contributed by atoms with Gasteiger partial charge in [-0.15, -0.1) is 0 Å². The minimum absolute atomic E-state index is 0.0372. The molecule has 2 heterocycles. The van der Waals surface area contributed by atoms with Gasteiger partial charge in [-0.05, 0) is 37.3 Å². The molecule has 5 heteroatoms. The maximum absolute atomic E-state index is 12.3. The number of nitrogens with one attached hydrogen (secondary N) is 2. The second kappa shape index (κ2) is 6.71. The Bertz CT molecular complexity index is 594. The van der Waals surface area contributed by atoms with Crippen molar-refractivity contribution in [3.05, 3.63) is 35.4 Å². The summed E-state index contributed by atoms with van der Waals surface area (Å²) in [6.45, 7) is 4.13. The fraction of sp³-hybridized carbons (Fsp3) is 0.556. The molecular formula is C18H24N2O3. The summed E-state index contributed by atoms with van der Waals surface area (Å²) in [4.78, 5) is 23.6. The minimum atomic E-state index is -0.378. The van der Waals surface area contributed by atoms with Crippen LogP contribution in [0.1, 0.15) is 36.8 Å². The molecule has 124 valence electrons. The van der Waals surface area contributed by atoms with Crippen molar-refractivity contribution < 1.29 is 14.3 Å². The predicted octanol–water partition coefficient (Wildman–Crippen LogP) is 1.44. The first-order chi connectivity index (χ1) is 11.1. The van der Waals surface area contributed by atoms with E-state index in [4.69, 9.17) is 4.74 Å². The number of rotatable bonds is 4. The number of hydrogen-bond acceptors (Lipinski definition) is 3. The highest BCUT2D eigenvalue weighted by Gasteiger charge is 2.37. The highest BCUT2D eigenvalue weighted by atomic mass is 16.5. The predicted molar refractivity (Wildman–Crippen MR) is 87.1 cm³/mol. The molecule has 0 spiro atoms. The van der Waals surface area contributed by atoms with E-state index in [-0.39, 0.29) is 23.3 Å². The summed E-state index contributed by atoms with van der Waals surface area (Å²) in [5, 5.41) is 5.80. The van der Waals surface area contributed by atoms with Crippen LogP contribution in [0, 0.1) is 6.92 Å². The van der Waals surface area contributed by atoms with Crippen LogP contribution in [0.25, 0.3) is 0 Å². The first-order valence-corrected chi connectivity index (χ1v) is 8.32. The minimum Gasteiger partial charge on any atom is -0.381 e. The Labute approximate surface area is 136 Å². The molecule has 0 aliphatic carbocycles. The van der Waals surface area contributed by atoms with Gasteiger partial charge in [0.25, 0.3) is 0 Å². The van der Waals surface area contributed by atoms with Crippen LogP contribution in [0.3, 0.4) is 0 Å². The van der Waals surface area contributed by atoms with Crippen molar-refractivity contribution in [3.63, 3.8) is 0 Å². The van der Waals surface area contributed by atoms with Crippen LogP contribution in [0.2, 0.25) is 0 Å². The average Bonchev–Trinajstić information content (AvgIpc) is 3.00. The maximum atomic E-state index is 12.3. The van der Waals surface area contributed by atoms with E-state index in [9.17, 15) is 9.59 Å². The lowest BCUT2D eigenvalue weighted by Gasteiger charge is -2.39. The van der Waals surface area contributed by atoms with Crippen LogP contribution in [-0.4, -0.2) is 37.6 Å². The van der Waals surface area contributed by atoms with Gasteiger partial charge in [-0.1, -0.05) is 24.3 Å².